The minimum Gasteiger partial charge on any atom is -0.470 e. The summed E-state index contributed by atoms with van der Waals surface area (Å²) < 4.78 is 5.06. The number of imide groups is 1. The van der Waals surface area contributed by atoms with E-state index in [0.717, 1.165) is 0 Å². The Morgan fingerprint density at radius 2 is 2.00 bits per heavy atom. The van der Waals surface area contributed by atoms with Crippen LogP contribution in [0.5, 0.6) is 5.75 Å². The van der Waals surface area contributed by atoms with Crippen LogP contribution in [0.2, 0.25) is 0 Å². The third-order valence-electron chi connectivity index (χ3n) is 2.06. The molecule has 0 saturated carbocycles. The Morgan fingerprint density at radius 1 is 1.31 bits per heavy atom. The number of hydrogen-bond acceptors (Lipinski definition) is 4. The van der Waals surface area contributed by atoms with E-state index in [1.807, 2.05) is 0 Å². The van der Waals surface area contributed by atoms with Gasteiger partial charge in [-0.3, -0.25) is 14.4 Å². The fourth-order valence-corrected chi connectivity index (χ4v) is 1.32. The molecular formula is C10H7N2O4. The minimum absolute atomic E-state index is 0.130. The van der Waals surface area contributed by atoms with E-state index in [1.165, 1.54) is 12.1 Å². The van der Waals surface area contributed by atoms with Gasteiger partial charge in [0.05, 0.1) is 5.56 Å². The SMILES string of the molecule is NC(=O)C1Oc2ccccc2C(=O)[N]C1=O. The lowest BCUT2D eigenvalue weighted by Gasteiger charge is -2.10. The molecule has 2 rings (SSSR count). The molecule has 6 nitrogen and oxygen atoms in total. The zero-order valence-electron chi connectivity index (χ0n) is 8.04. The van der Waals surface area contributed by atoms with E-state index >= 15 is 0 Å². The molecule has 0 bridgehead atoms. The number of carbonyl (C=O) groups excluding carboxylic acids is 3. The van der Waals surface area contributed by atoms with Crippen molar-refractivity contribution in [2.45, 2.75) is 6.10 Å². The van der Waals surface area contributed by atoms with Crippen molar-refractivity contribution >= 4 is 17.7 Å². The Hall–Kier alpha value is -2.37. The number of rotatable bonds is 1. The summed E-state index contributed by atoms with van der Waals surface area (Å²) in [5.41, 5.74) is 5.11. The summed E-state index contributed by atoms with van der Waals surface area (Å²) in [4.78, 5) is 33.7. The van der Waals surface area contributed by atoms with E-state index in [1.54, 1.807) is 12.1 Å². The molecule has 6 heteroatoms. The van der Waals surface area contributed by atoms with Gasteiger partial charge in [-0.1, -0.05) is 12.1 Å². The number of hydrogen-bond donors (Lipinski definition) is 1. The maximum Gasteiger partial charge on any atom is 0.300 e. The quantitative estimate of drug-likeness (QED) is 0.493. The predicted octanol–water partition coefficient (Wildman–Crippen LogP) is -0.796. The lowest BCUT2D eigenvalue weighted by molar-refractivity contribution is -0.136. The van der Waals surface area contributed by atoms with Crippen molar-refractivity contribution < 1.29 is 19.1 Å². The van der Waals surface area contributed by atoms with Gasteiger partial charge in [-0.2, -0.15) is 5.32 Å². The molecule has 0 saturated heterocycles. The van der Waals surface area contributed by atoms with Gasteiger partial charge in [-0.25, -0.2) is 0 Å². The van der Waals surface area contributed by atoms with Gasteiger partial charge in [0.2, 0.25) is 0 Å². The molecule has 3 amide bonds. The molecule has 0 spiro atoms. The van der Waals surface area contributed by atoms with E-state index in [9.17, 15) is 14.4 Å². The van der Waals surface area contributed by atoms with E-state index in [2.05, 4.69) is 5.32 Å². The summed E-state index contributed by atoms with van der Waals surface area (Å²) in [7, 11) is 0. The van der Waals surface area contributed by atoms with Crippen LogP contribution in [0, 0.1) is 0 Å². The lowest BCUT2D eigenvalue weighted by Crippen LogP contribution is -2.43. The third kappa shape index (κ3) is 1.60. The number of benzene rings is 1. The number of nitrogens with zero attached hydrogens (tertiary/aromatic N) is 1. The molecule has 1 atom stereocenters. The Kier molecular flexibility index (Phi) is 2.32. The summed E-state index contributed by atoms with van der Waals surface area (Å²) in [6.07, 6.45) is -1.53. The Morgan fingerprint density at radius 3 is 2.69 bits per heavy atom. The van der Waals surface area contributed by atoms with Crippen molar-refractivity contribution in [2.24, 2.45) is 5.73 Å². The average Bonchev–Trinajstić information content (AvgIpc) is 2.37. The fourth-order valence-electron chi connectivity index (χ4n) is 1.32. The summed E-state index contributed by atoms with van der Waals surface area (Å²) in [5.74, 6) is -2.55. The van der Waals surface area contributed by atoms with Gasteiger partial charge in [0, 0.05) is 0 Å². The molecule has 2 N–H and O–H groups in total. The van der Waals surface area contributed by atoms with Crippen LogP contribution in [0.3, 0.4) is 0 Å². The van der Waals surface area contributed by atoms with Gasteiger partial charge in [0.25, 0.3) is 23.8 Å². The topological polar surface area (TPSA) is 101 Å². The largest absolute Gasteiger partial charge is 0.470 e. The van der Waals surface area contributed by atoms with Crippen LogP contribution in [0.25, 0.3) is 0 Å². The van der Waals surface area contributed by atoms with Crippen LogP contribution in [0.4, 0.5) is 0 Å². The van der Waals surface area contributed by atoms with Crippen LogP contribution in [0.1, 0.15) is 10.4 Å². The molecule has 81 valence electrons. The van der Waals surface area contributed by atoms with Gasteiger partial charge in [-0.15, -0.1) is 0 Å². The second-order valence-electron chi connectivity index (χ2n) is 3.15. The van der Waals surface area contributed by atoms with Gasteiger partial charge < -0.3 is 10.5 Å². The summed E-state index contributed by atoms with van der Waals surface area (Å²) in [5, 5.41) is 3.22. The maximum atomic E-state index is 11.5. The second-order valence-corrected chi connectivity index (χ2v) is 3.15. The minimum atomic E-state index is -1.53. The van der Waals surface area contributed by atoms with Gasteiger partial charge in [0.1, 0.15) is 5.75 Å². The molecular weight excluding hydrogens is 212 g/mol. The molecule has 1 aliphatic rings. The van der Waals surface area contributed by atoms with Gasteiger partial charge >= 0.3 is 0 Å². The summed E-state index contributed by atoms with van der Waals surface area (Å²) in [6.45, 7) is 0. The highest BCUT2D eigenvalue weighted by Gasteiger charge is 2.34. The van der Waals surface area contributed by atoms with Gasteiger partial charge in [0.15, 0.2) is 0 Å². The van der Waals surface area contributed by atoms with Crippen molar-refractivity contribution in [3.05, 3.63) is 29.8 Å². The molecule has 1 aliphatic heterocycles. The van der Waals surface area contributed by atoms with Crippen molar-refractivity contribution in [1.82, 2.24) is 5.32 Å². The highest BCUT2D eigenvalue weighted by Crippen LogP contribution is 2.22. The highest BCUT2D eigenvalue weighted by atomic mass is 16.5. The predicted molar refractivity (Wildman–Crippen MR) is 51.5 cm³/mol. The molecule has 16 heavy (non-hydrogen) atoms. The molecule has 1 aromatic rings. The first kappa shape index (κ1) is 10.2. The molecule has 0 aromatic heterocycles. The first-order chi connectivity index (χ1) is 7.59. The molecule has 1 radical (unpaired) electrons. The maximum absolute atomic E-state index is 11.5. The normalized spacial score (nSPS) is 19.1. The first-order valence-electron chi connectivity index (χ1n) is 4.44. The molecule has 1 unspecified atom stereocenters. The Balaban J connectivity index is 2.47. The molecule has 1 aromatic carbocycles. The monoisotopic (exact) mass is 219 g/mol. The first-order valence-corrected chi connectivity index (χ1v) is 4.44. The lowest BCUT2D eigenvalue weighted by atomic mass is 10.2. The van der Waals surface area contributed by atoms with Crippen LogP contribution < -0.4 is 15.8 Å². The van der Waals surface area contributed by atoms with Crippen LogP contribution in [-0.2, 0) is 9.59 Å². The fraction of sp³-hybridized carbons (Fsp3) is 0.100. The second kappa shape index (κ2) is 3.65. The number of amides is 3. The van der Waals surface area contributed by atoms with E-state index in [4.69, 9.17) is 10.5 Å². The molecule has 1 heterocycles. The Labute approximate surface area is 90.4 Å². The van der Waals surface area contributed by atoms with Crippen molar-refractivity contribution in [1.29, 1.82) is 0 Å². The van der Waals surface area contributed by atoms with E-state index in [-0.39, 0.29) is 11.3 Å². The van der Waals surface area contributed by atoms with Crippen molar-refractivity contribution in [3.63, 3.8) is 0 Å². The number of nitrogens with two attached hydrogens (primary N) is 1. The molecule has 0 aliphatic carbocycles. The summed E-state index contributed by atoms with van der Waals surface area (Å²) >= 11 is 0. The van der Waals surface area contributed by atoms with E-state index in [0.29, 0.717) is 0 Å². The number of carbonyl (C=O) groups is 3. The number of primary amides is 1. The average molecular weight is 219 g/mol. The third-order valence-corrected chi connectivity index (χ3v) is 2.06. The number of ether oxygens (including phenoxy) is 1. The van der Waals surface area contributed by atoms with Crippen molar-refractivity contribution in [3.8, 4) is 5.75 Å². The van der Waals surface area contributed by atoms with E-state index < -0.39 is 23.8 Å². The van der Waals surface area contributed by atoms with Crippen LogP contribution in [-0.4, -0.2) is 23.8 Å². The number of para-hydroxylation sites is 1. The van der Waals surface area contributed by atoms with Crippen molar-refractivity contribution in [2.75, 3.05) is 0 Å². The van der Waals surface area contributed by atoms with Crippen LogP contribution >= 0.6 is 0 Å². The Bertz CT molecular complexity index is 483. The summed E-state index contributed by atoms with van der Waals surface area (Å²) in [6, 6.07) is 6.14. The zero-order valence-corrected chi connectivity index (χ0v) is 8.04. The van der Waals surface area contributed by atoms with Gasteiger partial charge in [-0.05, 0) is 12.1 Å². The highest BCUT2D eigenvalue weighted by molar-refractivity contribution is 6.14. The smallest absolute Gasteiger partial charge is 0.300 e. The number of fused-ring (bicyclic) bond motifs is 1. The molecule has 0 fully saturated rings. The zero-order chi connectivity index (χ0) is 11.7. The standard InChI is InChI=1S/C10H7N2O4/c11-8(13)7-10(15)12-9(14)5-3-1-2-4-6(5)16-7/h1-4,7H,(H2,11,13). The van der Waals surface area contributed by atoms with Crippen LogP contribution in [0.15, 0.2) is 24.3 Å².